The fourth-order valence-corrected chi connectivity index (χ4v) is 2.59. The highest BCUT2D eigenvalue weighted by Gasteiger charge is 2.17. The van der Waals surface area contributed by atoms with Gasteiger partial charge in [0.05, 0.1) is 31.7 Å². The second-order valence-corrected chi connectivity index (χ2v) is 5.27. The predicted molar refractivity (Wildman–Crippen MR) is 85.7 cm³/mol. The quantitative estimate of drug-likeness (QED) is 0.800. The Hall–Kier alpha value is -2.21. The summed E-state index contributed by atoms with van der Waals surface area (Å²) in [4.78, 5) is 12.5. The average Bonchev–Trinajstić information content (AvgIpc) is 2.78. The number of para-hydroxylation sites is 1. The van der Waals surface area contributed by atoms with Gasteiger partial charge in [-0.3, -0.25) is 4.79 Å². The number of aromatic hydroxyl groups is 1. The number of benzene rings is 1. The van der Waals surface area contributed by atoms with E-state index in [1.165, 1.54) is 11.8 Å². The van der Waals surface area contributed by atoms with E-state index < -0.39 is 0 Å². The summed E-state index contributed by atoms with van der Waals surface area (Å²) in [5, 5.41) is 18.8. The molecular weight excluding hydrogens is 280 g/mol. The number of azo groups is 1. The third kappa shape index (κ3) is 3.33. The van der Waals surface area contributed by atoms with Crippen LogP contribution in [0.3, 0.4) is 0 Å². The zero-order valence-electron chi connectivity index (χ0n) is 13.3. The van der Waals surface area contributed by atoms with Gasteiger partial charge >= 0.3 is 0 Å². The van der Waals surface area contributed by atoms with Crippen LogP contribution in [0.4, 0.5) is 5.69 Å². The van der Waals surface area contributed by atoms with E-state index in [1.54, 1.807) is 0 Å². The molecule has 1 aromatic carbocycles. The summed E-state index contributed by atoms with van der Waals surface area (Å²) in [6, 6.07) is 7.63. The highest BCUT2D eigenvalue weighted by Crippen LogP contribution is 2.38. The van der Waals surface area contributed by atoms with E-state index in [9.17, 15) is 9.90 Å². The minimum absolute atomic E-state index is 0.0674. The standard InChI is InChI=1S/C16H22N4O2/c1-4-19(5-2)10-11-20-14-9-7-6-8-13(14)15(16(20)22)18-17-12(3)21/h6-9,22H,4-5,10-11H2,1-3H3/p+1. The van der Waals surface area contributed by atoms with Crippen molar-refractivity contribution in [3.05, 3.63) is 24.3 Å². The fraction of sp³-hybridized carbons (Fsp3) is 0.438. The van der Waals surface area contributed by atoms with Crippen LogP contribution in [0.1, 0.15) is 20.8 Å². The molecule has 118 valence electrons. The lowest BCUT2D eigenvalue weighted by molar-refractivity contribution is -0.897. The predicted octanol–water partition coefficient (Wildman–Crippen LogP) is 1.90. The van der Waals surface area contributed by atoms with E-state index in [-0.39, 0.29) is 11.8 Å². The van der Waals surface area contributed by atoms with Crippen LogP contribution in [0.2, 0.25) is 0 Å². The van der Waals surface area contributed by atoms with Crippen molar-refractivity contribution in [3.63, 3.8) is 0 Å². The fourth-order valence-electron chi connectivity index (χ4n) is 2.59. The van der Waals surface area contributed by atoms with Crippen LogP contribution in [0.5, 0.6) is 5.88 Å². The number of nitrogens with one attached hydrogen (secondary N) is 1. The lowest BCUT2D eigenvalue weighted by Crippen LogP contribution is -3.11. The van der Waals surface area contributed by atoms with Gasteiger partial charge in [0.25, 0.3) is 5.91 Å². The van der Waals surface area contributed by atoms with Gasteiger partial charge in [0.2, 0.25) is 5.88 Å². The number of rotatable bonds is 6. The summed E-state index contributed by atoms with van der Waals surface area (Å²) in [5.41, 5.74) is 1.27. The van der Waals surface area contributed by atoms with Crippen molar-refractivity contribution in [3.8, 4) is 5.88 Å². The number of carbonyl (C=O) groups is 1. The van der Waals surface area contributed by atoms with Crippen LogP contribution in [0.25, 0.3) is 10.9 Å². The van der Waals surface area contributed by atoms with Gasteiger partial charge in [0.15, 0.2) is 5.69 Å². The summed E-state index contributed by atoms with van der Waals surface area (Å²) in [6.07, 6.45) is 0. The second kappa shape index (κ2) is 7.17. The molecule has 0 spiro atoms. The Labute approximate surface area is 130 Å². The van der Waals surface area contributed by atoms with E-state index in [2.05, 4.69) is 24.1 Å². The number of nitrogens with zero attached hydrogens (tertiary/aromatic N) is 3. The van der Waals surface area contributed by atoms with E-state index >= 15 is 0 Å². The summed E-state index contributed by atoms with van der Waals surface area (Å²) >= 11 is 0. The molecule has 2 rings (SSSR count). The Kier molecular flexibility index (Phi) is 5.27. The molecule has 0 fully saturated rings. The number of fused-ring (bicyclic) bond motifs is 1. The highest BCUT2D eigenvalue weighted by atomic mass is 16.3. The lowest BCUT2D eigenvalue weighted by Gasteiger charge is -2.16. The monoisotopic (exact) mass is 303 g/mol. The van der Waals surface area contributed by atoms with E-state index in [0.717, 1.165) is 30.5 Å². The molecule has 0 saturated carbocycles. The van der Waals surface area contributed by atoms with Gasteiger partial charge in [-0.05, 0) is 19.9 Å². The topological polar surface area (TPSA) is 71.4 Å². The van der Waals surface area contributed by atoms with Gasteiger partial charge in [0, 0.05) is 12.3 Å². The van der Waals surface area contributed by atoms with Crippen molar-refractivity contribution in [2.24, 2.45) is 10.2 Å². The molecule has 1 aromatic heterocycles. The van der Waals surface area contributed by atoms with Crippen molar-refractivity contribution in [1.29, 1.82) is 0 Å². The van der Waals surface area contributed by atoms with Crippen molar-refractivity contribution in [2.75, 3.05) is 19.6 Å². The minimum atomic E-state index is -0.385. The molecule has 0 aliphatic rings. The Morgan fingerprint density at radius 3 is 2.59 bits per heavy atom. The maximum atomic E-state index is 11.0. The van der Waals surface area contributed by atoms with E-state index in [0.29, 0.717) is 12.2 Å². The van der Waals surface area contributed by atoms with Crippen LogP contribution in [-0.2, 0) is 11.3 Å². The minimum Gasteiger partial charge on any atom is -0.493 e. The summed E-state index contributed by atoms with van der Waals surface area (Å²) in [6.45, 7) is 9.35. The first-order chi connectivity index (χ1) is 10.6. The largest absolute Gasteiger partial charge is 0.493 e. The molecule has 6 heteroatoms. The number of hydrogen-bond acceptors (Lipinski definition) is 3. The van der Waals surface area contributed by atoms with Crippen molar-refractivity contribution >= 4 is 22.5 Å². The van der Waals surface area contributed by atoms with Gasteiger partial charge < -0.3 is 14.6 Å². The van der Waals surface area contributed by atoms with Crippen LogP contribution in [-0.4, -0.2) is 35.2 Å². The summed E-state index contributed by atoms with van der Waals surface area (Å²) in [7, 11) is 0. The van der Waals surface area contributed by atoms with Crippen molar-refractivity contribution in [2.45, 2.75) is 27.3 Å². The van der Waals surface area contributed by atoms with Crippen LogP contribution in [0, 0.1) is 0 Å². The highest BCUT2D eigenvalue weighted by molar-refractivity contribution is 5.95. The Balaban J connectivity index is 2.41. The number of aromatic nitrogens is 1. The molecule has 0 saturated heterocycles. The summed E-state index contributed by atoms with van der Waals surface area (Å²) < 4.78 is 1.84. The lowest BCUT2D eigenvalue weighted by atomic mass is 10.2. The molecule has 1 heterocycles. The second-order valence-electron chi connectivity index (χ2n) is 5.27. The Morgan fingerprint density at radius 1 is 1.27 bits per heavy atom. The number of likely N-dealkylation sites (N-methyl/N-ethyl adjacent to an activating group) is 1. The van der Waals surface area contributed by atoms with Crippen LogP contribution < -0.4 is 4.90 Å². The number of quaternary nitrogens is 1. The van der Waals surface area contributed by atoms with Gasteiger partial charge in [-0.25, -0.2) is 0 Å². The number of carbonyl (C=O) groups excluding carboxylic acids is 1. The normalized spacial score (nSPS) is 11.8. The molecular formula is C16H23N4O2+. The third-order valence-corrected chi connectivity index (χ3v) is 3.90. The zero-order valence-corrected chi connectivity index (χ0v) is 13.3. The Bertz CT molecular complexity index is 687. The molecule has 0 aliphatic heterocycles. The molecule has 0 bridgehead atoms. The van der Waals surface area contributed by atoms with Gasteiger partial charge in [-0.2, -0.15) is 0 Å². The first kappa shape index (κ1) is 16.2. The first-order valence-electron chi connectivity index (χ1n) is 7.64. The Morgan fingerprint density at radius 2 is 1.95 bits per heavy atom. The van der Waals surface area contributed by atoms with Crippen molar-refractivity contribution in [1.82, 2.24) is 4.57 Å². The van der Waals surface area contributed by atoms with E-state index in [1.807, 2.05) is 28.8 Å². The van der Waals surface area contributed by atoms with Gasteiger partial charge in [0.1, 0.15) is 0 Å². The van der Waals surface area contributed by atoms with Gasteiger partial charge in [-0.15, -0.1) is 10.2 Å². The van der Waals surface area contributed by atoms with Crippen LogP contribution >= 0.6 is 0 Å². The molecule has 0 unspecified atom stereocenters. The maximum absolute atomic E-state index is 11.0. The molecule has 0 atom stereocenters. The van der Waals surface area contributed by atoms with Crippen molar-refractivity contribution < 1.29 is 14.8 Å². The van der Waals surface area contributed by atoms with Gasteiger partial charge in [-0.1, -0.05) is 18.2 Å². The van der Waals surface area contributed by atoms with E-state index in [4.69, 9.17) is 0 Å². The van der Waals surface area contributed by atoms with Crippen LogP contribution in [0.15, 0.2) is 34.5 Å². The molecule has 6 nitrogen and oxygen atoms in total. The number of amides is 1. The molecule has 0 aliphatic carbocycles. The number of hydrogen-bond donors (Lipinski definition) is 2. The molecule has 22 heavy (non-hydrogen) atoms. The average molecular weight is 303 g/mol. The molecule has 2 N–H and O–H groups in total. The maximum Gasteiger partial charge on any atom is 0.261 e. The summed E-state index contributed by atoms with van der Waals surface area (Å²) in [5.74, 6) is -0.318. The first-order valence-corrected chi connectivity index (χ1v) is 7.64. The third-order valence-electron chi connectivity index (χ3n) is 3.90. The molecule has 0 radical (unpaired) electrons. The zero-order chi connectivity index (χ0) is 16.1. The molecule has 2 aromatic rings. The SMILES string of the molecule is CC[NH+](CC)CCn1c(O)c(N=NC(C)=O)c2ccccc21. The smallest absolute Gasteiger partial charge is 0.261 e. The molecule has 1 amide bonds.